The molecule has 160 valence electrons. The molecule has 0 bridgehead atoms. The fraction of sp³-hybridized carbons (Fsp3) is 0.280. The molecule has 1 aromatic heterocycles. The molecular formula is C25H26N2O2S2. The van der Waals surface area contributed by atoms with Crippen LogP contribution in [-0.4, -0.2) is 15.0 Å². The van der Waals surface area contributed by atoms with E-state index in [4.69, 9.17) is 0 Å². The van der Waals surface area contributed by atoms with Crippen LogP contribution in [0.1, 0.15) is 40.6 Å². The minimum absolute atomic E-state index is 0.227. The maximum Gasteiger partial charge on any atom is 0.264 e. The molecule has 0 amide bonds. The fourth-order valence-corrected chi connectivity index (χ4v) is 7.36. The summed E-state index contributed by atoms with van der Waals surface area (Å²) >= 11 is 1.84. The highest BCUT2D eigenvalue weighted by molar-refractivity contribution is 7.92. The third-order valence-electron chi connectivity index (χ3n) is 6.32. The van der Waals surface area contributed by atoms with Crippen molar-refractivity contribution in [2.75, 3.05) is 16.2 Å². The van der Waals surface area contributed by atoms with Crippen LogP contribution in [-0.2, 0) is 10.0 Å². The molecule has 3 unspecified atom stereocenters. The van der Waals surface area contributed by atoms with Gasteiger partial charge in [-0.15, -0.1) is 11.3 Å². The van der Waals surface area contributed by atoms with Crippen LogP contribution in [0.2, 0.25) is 0 Å². The van der Waals surface area contributed by atoms with Crippen LogP contribution in [0, 0.1) is 12.8 Å². The van der Waals surface area contributed by atoms with E-state index in [1.165, 1.54) is 14.1 Å². The van der Waals surface area contributed by atoms with E-state index in [-0.39, 0.29) is 12.0 Å². The summed E-state index contributed by atoms with van der Waals surface area (Å²) < 4.78 is 28.5. The number of sulfonamides is 1. The average molecular weight is 451 g/mol. The monoisotopic (exact) mass is 450 g/mol. The third kappa shape index (κ3) is 3.48. The number of nitrogens with one attached hydrogen (secondary N) is 1. The van der Waals surface area contributed by atoms with Crippen molar-refractivity contribution in [2.45, 2.75) is 37.1 Å². The van der Waals surface area contributed by atoms with Gasteiger partial charge in [-0.25, -0.2) is 8.42 Å². The first-order chi connectivity index (χ1) is 15.0. The molecule has 3 aromatic rings. The number of allylic oxidation sites excluding steroid dienone is 2. The van der Waals surface area contributed by atoms with Gasteiger partial charge in [-0.3, -0.25) is 4.31 Å². The second-order valence-electron chi connectivity index (χ2n) is 8.18. The Labute approximate surface area is 188 Å². The molecule has 31 heavy (non-hydrogen) atoms. The van der Waals surface area contributed by atoms with Crippen molar-refractivity contribution in [1.29, 1.82) is 0 Å². The number of thiophene rings is 1. The molecule has 5 rings (SSSR count). The maximum absolute atomic E-state index is 13.5. The van der Waals surface area contributed by atoms with Gasteiger partial charge in [-0.05, 0) is 74.2 Å². The molecule has 1 aliphatic carbocycles. The second-order valence-corrected chi connectivity index (χ2v) is 11.4. The van der Waals surface area contributed by atoms with Gasteiger partial charge in [-0.2, -0.15) is 0 Å². The summed E-state index contributed by atoms with van der Waals surface area (Å²) in [6.45, 7) is 4.39. The second kappa shape index (κ2) is 7.84. The number of hydrogen-bond acceptors (Lipinski definition) is 4. The Balaban J connectivity index is 1.54. The highest BCUT2D eigenvalue weighted by Crippen LogP contribution is 2.51. The Morgan fingerprint density at radius 1 is 1.10 bits per heavy atom. The SMILES string of the molecule is CCN(c1ccccc1)S(=O)(=O)c1ccc2c(c1)C1C=CCC1C(c1ccc(C)s1)N2. The van der Waals surface area contributed by atoms with E-state index in [9.17, 15) is 8.42 Å². The van der Waals surface area contributed by atoms with Crippen LogP contribution in [0.5, 0.6) is 0 Å². The van der Waals surface area contributed by atoms with E-state index in [2.05, 4.69) is 36.5 Å². The van der Waals surface area contributed by atoms with E-state index >= 15 is 0 Å². The van der Waals surface area contributed by atoms with E-state index in [0.717, 1.165) is 17.7 Å². The molecule has 0 radical (unpaired) electrons. The lowest BCUT2D eigenvalue weighted by molar-refractivity contribution is 0.429. The van der Waals surface area contributed by atoms with Crippen LogP contribution in [0.4, 0.5) is 11.4 Å². The van der Waals surface area contributed by atoms with Crippen LogP contribution in [0.15, 0.2) is 77.7 Å². The van der Waals surface area contributed by atoms with Gasteiger partial charge in [-0.1, -0.05) is 30.4 Å². The maximum atomic E-state index is 13.5. The number of fused-ring (bicyclic) bond motifs is 3. The standard InChI is InChI=1S/C25H26N2O2S2/c1-3-27(18-8-5-4-6-9-18)31(28,29)19-13-14-23-22(16-19)20-10-7-11-21(20)25(26-23)24-15-12-17(2)30-24/h4-10,12-16,20-21,25-26H,3,11H2,1-2H3. The molecule has 6 heteroatoms. The Bertz CT molecular complexity index is 1230. The van der Waals surface area contributed by atoms with Crippen LogP contribution >= 0.6 is 11.3 Å². The molecule has 0 saturated heterocycles. The van der Waals surface area contributed by atoms with Crippen molar-refractivity contribution in [3.05, 3.63) is 88.1 Å². The van der Waals surface area contributed by atoms with E-state index in [1.54, 1.807) is 6.07 Å². The molecule has 0 spiro atoms. The molecule has 2 heterocycles. The summed E-state index contributed by atoms with van der Waals surface area (Å²) in [4.78, 5) is 3.01. The molecule has 1 N–H and O–H groups in total. The van der Waals surface area contributed by atoms with Crippen LogP contribution in [0.3, 0.4) is 0 Å². The molecule has 0 saturated carbocycles. The van der Waals surface area contributed by atoms with Gasteiger partial charge in [0, 0.05) is 27.9 Å². The highest BCUT2D eigenvalue weighted by Gasteiger charge is 2.39. The molecule has 1 aliphatic heterocycles. The largest absolute Gasteiger partial charge is 0.377 e. The molecule has 3 atom stereocenters. The zero-order chi connectivity index (χ0) is 21.6. The number of rotatable bonds is 5. The first-order valence-corrected chi connectivity index (χ1v) is 13.0. The van der Waals surface area contributed by atoms with Gasteiger partial charge in [0.25, 0.3) is 10.0 Å². The van der Waals surface area contributed by atoms with Crippen molar-refractivity contribution in [3.63, 3.8) is 0 Å². The summed E-state index contributed by atoms with van der Waals surface area (Å²) in [7, 11) is -3.65. The summed E-state index contributed by atoms with van der Waals surface area (Å²) in [5.41, 5.74) is 2.80. The summed E-state index contributed by atoms with van der Waals surface area (Å²) in [6.07, 6.45) is 5.49. The van der Waals surface area contributed by atoms with Gasteiger partial charge >= 0.3 is 0 Å². The minimum atomic E-state index is -3.65. The van der Waals surface area contributed by atoms with Crippen molar-refractivity contribution >= 4 is 32.7 Å². The normalized spacial score (nSPS) is 21.9. The molecule has 0 fully saturated rings. The molecule has 4 nitrogen and oxygen atoms in total. The van der Waals surface area contributed by atoms with Gasteiger partial charge in [0.2, 0.25) is 0 Å². The van der Waals surface area contributed by atoms with E-state index in [1.807, 2.05) is 60.7 Å². The molecule has 2 aromatic carbocycles. The summed E-state index contributed by atoms with van der Waals surface area (Å²) in [5.74, 6) is 0.630. The lowest BCUT2D eigenvalue weighted by atomic mass is 9.79. The van der Waals surface area contributed by atoms with Crippen molar-refractivity contribution in [1.82, 2.24) is 0 Å². The lowest BCUT2D eigenvalue weighted by Crippen LogP contribution is -2.32. The zero-order valence-corrected chi connectivity index (χ0v) is 19.3. The smallest absolute Gasteiger partial charge is 0.264 e. The topological polar surface area (TPSA) is 49.4 Å². The minimum Gasteiger partial charge on any atom is -0.377 e. The Morgan fingerprint density at radius 2 is 1.90 bits per heavy atom. The first kappa shape index (κ1) is 20.3. The molecule has 2 aliphatic rings. The predicted octanol–water partition coefficient (Wildman–Crippen LogP) is 6.10. The Kier molecular flexibility index (Phi) is 5.15. The number of hydrogen-bond donors (Lipinski definition) is 1. The van der Waals surface area contributed by atoms with Gasteiger partial charge < -0.3 is 5.32 Å². The first-order valence-electron chi connectivity index (χ1n) is 10.7. The predicted molar refractivity (Wildman–Crippen MR) is 128 cm³/mol. The zero-order valence-electron chi connectivity index (χ0n) is 17.7. The number of para-hydroxylation sites is 1. The highest BCUT2D eigenvalue weighted by atomic mass is 32.2. The van der Waals surface area contributed by atoms with Crippen LogP contribution < -0.4 is 9.62 Å². The number of benzene rings is 2. The third-order valence-corrected chi connectivity index (χ3v) is 9.30. The quantitative estimate of drug-likeness (QED) is 0.478. The van der Waals surface area contributed by atoms with Crippen molar-refractivity contribution in [3.8, 4) is 0 Å². The number of anilines is 2. The number of nitrogens with zero attached hydrogens (tertiary/aromatic N) is 1. The van der Waals surface area contributed by atoms with Gasteiger partial charge in [0.05, 0.1) is 16.6 Å². The Hall–Kier alpha value is -2.57. The van der Waals surface area contributed by atoms with E-state index < -0.39 is 10.0 Å². The number of aryl methyl sites for hydroxylation is 1. The van der Waals surface area contributed by atoms with Crippen LogP contribution in [0.25, 0.3) is 0 Å². The van der Waals surface area contributed by atoms with Gasteiger partial charge in [0.1, 0.15) is 0 Å². The molecular weight excluding hydrogens is 424 g/mol. The van der Waals surface area contributed by atoms with E-state index in [0.29, 0.717) is 23.0 Å². The van der Waals surface area contributed by atoms with Gasteiger partial charge in [0.15, 0.2) is 0 Å². The van der Waals surface area contributed by atoms with Crippen molar-refractivity contribution in [2.24, 2.45) is 5.92 Å². The Morgan fingerprint density at radius 3 is 2.61 bits per heavy atom. The average Bonchev–Trinajstić information content (AvgIpc) is 3.43. The summed E-state index contributed by atoms with van der Waals surface area (Å²) in [5, 5.41) is 3.71. The fourth-order valence-electron chi connectivity index (χ4n) is 4.85. The summed E-state index contributed by atoms with van der Waals surface area (Å²) in [6, 6.07) is 19.5. The van der Waals surface area contributed by atoms with Crippen molar-refractivity contribution < 1.29 is 8.42 Å². The lowest BCUT2D eigenvalue weighted by Gasteiger charge is -2.37.